The van der Waals surface area contributed by atoms with Crippen LogP contribution < -0.4 is 4.74 Å². The number of hydrogen-bond donors (Lipinski definition) is 0. The fourth-order valence-electron chi connectivity index (χ4n) is 3.42. The zero-order valence-electron chi connectivity index (χ0n) is 15.9. The first kappa shape index (κ1) is 19.6. The Balaban J connectivity index is 1.64. The van der Waals surface area contributed by atoms with E-state index in [4.69, 9.17) is 4.74 Å². The van der Waals surface area contributed by atoms with Crippen molar-refractivity contribution in [3.05, 3.63) is 93.0 Å². The van der Waals surface area contributed by atoms with E-state index in [1.807, 2.05) is 29.8 Å². The van der Waals surface area contributed by atoms with Gasteiger partial charge in [0.05, 0.1) is 16.9 Å². The van der Waals surface area contributed by atoms with E-state index in [2.05, 4.69) is 0 Å². The highest BCUT2D eigenvalue weighted by Crippen LogP contribution is 2.39. The second-order valence-electron chi connectivity index (χ2n) is 6.96. The van der Waals surface area contributed by atoms with Gasteiger partial charge in [-0.1, -0.05) is 30.3 Å². The van der Waals surface area contributed by atoms with Crippen LogP contribution in [0.4, 0.5) is 0 Å². The SMILES string of the molecule is Cc1ccc2c(c1C/C=C/S(=O)(=O)c1ccccc1)OC(c1ccsc1)CC2=O. The number of rotatable bonds is 5. The lowest BCUT2D eigenvalue weighted by Gasteiger charge is -2.27. The second kappa shape index (κ2) is 7.97. The number of fused-ring (bicyclic) bond motifs is 1. The Bertz CT molecular complexity index is 1160. The van der Waals surface area contributed by atoms with Crippen LogP contribution in [0.2, 0.25) is 0 Å². The van der Waals surface area contributed by atoms with E-state index < -0.39 is 9.84 Å². The smallest absolute Gasteiger partial charge is 0.199 e. The molecule has 29 heavy (non-hydrogen) atoms. The lowest BCUT2D eigenvalue weighted by atomic mass is 9.92. The van der Waals surface area contributed by atoms with Gasteiger partial charge < -0.3 is 4.74 Å². The van der Waals surface area contributed by atoms with Crippen molar-refractivity contribution in [3.63, 3.8) is 0 Å². The predicted molar refractivity (Wildman–Crippen MR) is 114 cm³/mol. The Morgan fingerprint density at radius 2 is 1.93 bits per heavy atom. The average Bonchev–Trinajstić information content (AvgIpc) is 3.25. The Kier molecular flexibility index (Phi) is 5.39. The molecule has 0 fully saturated rings. The third kappa shape index (κ3) is 4.04. The van der Waals surface area contributed by atoms with Crippen LogP contribution in [-0.4, -0.2) is 14.2 Å². The summed E-state index contributed by atoms with van der Waals surface area (Å²) in [5.74, 6) is 0.615. The molecule has 1 aromatic heterocycles. The zero-order chi connectivity index (χ0) is 20.4. The van der Waals surface area contributed by atoms with E-state index >= 15 is 0 Å². The van der Waals surface area contributed by atoms with Crippen molar-refractivity contribution in [2.24, 2.45) is 0 Å². The summed E-state index contributed by atoms with van der Waals surface area (Å²) in [4.78, 5) is 12.9. The number of aryl methyl sites for hydroxylation is 1. The van der Waals surface area contributed by atoms with Crippen LogP contribution in [0.15, 0.2) is 75.7 Å². The highest BCUT2D eigenvalue weighted by molar-refractivity contribution is 7.94. The molecule has 6 heteroatoms. The highest BCUT2D eigenvalue weighted by Gasteiger charge is 2.30. The fourth-order valence-corrected chi connectivity index (χ4v) is 5.17. The molecule has 148 valence electrons. The van der Waals surface area contributed by atoms with Crippen molar-refractivity contribution in [3.8, 4) is 5.75 Å². The summed E-state index contributed by atoms with van der Waals surface area (Å²) in [5.41, 5.74) is 3.36. The number of hydrogen-bond acceptors (Lipinski definition) is 5. The van der Waals surface area contributed by atoms with E-state index in [-0.39, 0.29) is 16.8 Å². The molecule has 0 amide bonds. The largest absolute Gasteiger partial charge is 0.484 e. The molecule has 0 saturated heterocycles. The maximum atomic E-state index is 12.7. The van der Waals surface area contributed by atoms with Crippen molar-refractivity contribution in [2.45, 2.75) is 30.8 Å². The third-order valence-electron chi connectivity index (χ3n) is 5.01. The number of ether oxygens (including phenoxy) is 1. The first-order chi connectivity index (χ1) is 14.0. The van der Waals surface area contributed by atoms with Crippen LogP contribution >= 0.6 is 11.3 Å². The number of allylic oxidation sites excluding steroid dienone is 1. The van der Waals surface area contributed by atoms with Crippen LogP contribution in [0.3, 0.4) is 0 Å². The van der Waals surface area contributed by atoms with E-state index in [0.29, 0.717) is 24.2 Å². The quantitative estimate of drug-likeness (QED) is 0.558. The number of ketones is 1. The van der Waals surface area contributed by atoms with Gasteiger partial charge in [0.1, 0.15) is 11.9 Å². The molecule has 4 rings (SSSR count). The second-order valence-corrected chi connectivity index (χ2v) is 9.58. The number of sulfone groups is 1. The molecule has 4 nitrogen and oxygen atoms in total. The summed E-state index contributed by atoms with van der Waals surface area (Å²) in [6.07, 6.45) is 1.99. The minimum atomic E-state index is -3.51. The zero-order valence-corrected chi connectivity index (χ0v) is 17.5. The van der Waals surface area contributed by atoms with Crippen LogP contribution in [0.25, 0.3) is 0 Å². The molecular formula is C23H20O4S2. The molecule has 0 bridgehead atoms. The summed E-state index contributed by atoms with van der Waals surface area (Å²) >= 11 is 1.57. The lowest BCUT2D eigenvalue weighted by molar-refractivity contribution is 0.0848. The van der Waals surface area contributed by atoms with Crippen molar-refractivity contribution < 1.29 is 17.9 Å². The molecule has 0 aliphatic carbocycles. The molecule has 3 aromatic rings. The van der Waals surface area contributed by atoms with Gasteiger partial charge in [0.15, 0.2) is 15.6 Å². The molecule has 1 aliphatic rings. The predicted octanol–water partition coefficient (Wildman–Crippen LogP) is 5.29. The van der Waals surface area contributed by atoms with Gasteiger partial charge in [0.25, 0.3) is 0 Å². The summed E-state index contributed by atoms with van der Waals surface area (Å²) in [5, 5.41) is 5.18. The van der Waals surface area contributed by atoms with Crippen molar-refractivity contribution >= 4 is 27.0 Å². The van der Waals surface area contributed by atoms with Gasteiger partial charge in [-0.15, -0.1) is 0 Å². The molecule has 0 spiro atoms. The normalized spacial score (nSPS) is 16.6. The van der Waals surface area contributed by atoms with E-state index in [1.54, 1.807) is 53.8 Å². The van der Waals surface area contributed by atoms with Crippen LogP contribution in [-0.2, 0) is 16.3 Å². The van der Waals surface area contributed by atoms with E-state index in [0.717, 1.165) is 16.7 Å². The maximum Gasteiger partial charge on any atom is 0.199 e. The van der Waals surface area contributed by atoms with Crippen LogP contribution in [0, 0.1) is 6.92 Å². The number of carbonyl (C=O) groups is 1. The fraction of sp³-hybridized carbons (Fsp3) is 0.174. The van der Waals surface area contributed by atoms with Crippen LogP contribution in [0.1, 0.15) is 39.6 Å². The van der Waals surface area contributed by atoms with Gasteiger partial charge in [-0.3, -0.25) is 4.79 Å². The summed E-state index contributed by atoms with van der Waals surface area (Å²) in [6.45, 7) is 1.94. The Hall–Kier alpha value is -2.70. The Morgan fingerprint density at radius 1 is 1.14 bits per heavy atom. The molecule has 1 atom stereocenters. The summed E-state index contributed by atoms with van der Waals surface area (Å²) in [6, 6.07) is 14.0. The van der Waals surface area contributed by atoms with Crippen molar-refractivity contribution in [2.75, 3.05) is 0 Å². The number of carbonyl (C=O) groups excluding carboxylic acids is 1. The van der Waals surface area contributed by atoms with Gasteiger partial charge in [-0.05, 0) is 53.9 Å². The topological polar surface area (TPSA) is 60.4 Å². The van der Waals surface area contributed by atoms with Gasteiger partial charge in [-0.25, -0.2) is 8.42 Å². The molecule has 0 saturated carbocycles. The molecule has 1 aliphatic heterocycles. The Morgan fingerprint density at radius 3 is 2.66 bits per heavy atom. The van der Waals surface area contributed by atoms with E-state index in [1.165, 1.54) is 5.41 Å². The maximum absolute atomic E-state index is 12.7. The Labute approximate surface area is 174 Å². The standard InChI is InChI=1S/C23H20O4S2/c1-16-9-10-20-21(24)14-22(17-11-12-28-15-17)27-23(20)19(16)8-5-13-29(25,26)18-6-3-2-4-7-18/h2-7,9-13,15,22H,8,14H2,1H3/b13-5+. The molecule has 1 unspecified atom stereocenters. The van der Waals surface area contributed by atoms with E-state index in [9.17, 15) is 13.2 Å². The first-order valence-corrected chi connectivity index (χ1v) is 11.8. The molecule has 2 aromatic carbocycles. The monoisotopic (exact) mass is 424 g/mol. The summed E-state index contributed by atoms with van der Waals surface area (Å²) < 4.78 is 31.2. The number of Topliss-reactive ketones (excluding diaryl/α,β-unsaturated/α-hetero) is 1. The van der Waals surface area contributed by atoms with Gasteiger partial charge in [-0.2, -0.15) is 11.3 Å². The average molecular weight is 425 g/mol. The van der Waals surface area contributed by atoms with Gasteiger partial charge >= 0.3 is 0 Å². The lowest BCUT2D eigenvalue weighted by Crippen LogP contribution is -2.21. The van der Waals surface area contributed by atoms with Gasteiger partial charge in [0, 0.05) is 16.5 Å². The number of benzene rings is 2. The van der Waals surface area contributed by atoms with Crippen LogP contribution in [0.5, 0.6) is 5.75 Å². The minimum Gasteiger partial charge on any atom is -0.484 e. The molecule has 0 radical (unpaired) electrons. The highest BCUT2D eigenvalue weighted by atomic mass is 32.2. The first-order valence-electron chi connectivity index (χ1n) is 9.27. The minimum absolute atomic E-state index is 0.0459. The third-order valence-corrected chi connectivity index (χ3v) is 7.19. The van der Waals surface area contributed by atoms with Crippen molar-refractivity contribution in [1.82, 2.24) is 0 Å². The van der Waals surface area contributed by atoms with Crippen molar-refractivity contribution in [1.29, 1.82) is 0 Å². The molecular weight excluding hydrogens is 404 g/mol. The molecule has 0 N–H and O–H groups in total. The van der Waals surface area contributed by atoms with Gasteiger partial charge in [0.2, 0.25) is 0 Å². The molecule has 2 heterocycles. The summed E-state index contributed by atoms with van der Waals surface area (Å²) in [7, 11) is -3.51. The number of thiophene rings is 1.